The summed E-state index contributed by atoms with van der Waals surface area (Å²) in [6.07, 6.45) is 1.97. The van der Waals surface area contributed by atoms with Crippen molar-refractivity contribution >= 4 is 33.3 Å². The SMILES string of the molecule is CCC(C)Cc1c(C)sc2nc(SC(C)c3nnc(-c4ccc(OC)cc4)o3)[nH]c(=O)c12. The van der Waals surface area contributed by atoms with Crippen molar-refractivity contribution in [2.75, 3.05) is 7.11 Å². The molecular weight excluding hydrogens is 444 g/mol. The van der Waals surface area contributed by atoms with Gasteiger partial charge in [-0.3, -0.25) is 4.79 Å². The first kappa shape index (κ1) is 22.5. The third kappa shape index (κ3) is 4.59. The van der Waals surface area contributed by atoms with Gasteiger partial charge in [-0.2, -0.15) is 0 Å². The molecule has 0 aliphatic heterocycles. The van der Waals surface area contributed by atoms with Crippen molar-refractivity contribution in [1.82, 2.24) is 20.2 Å². The van der Waals surface area contributed by atoms with Crippen LogP contribution in [0.3, 0.4) is 0 Å². The number of rotatable bonds is 8. The first-order chi connectivity index (χ1) is 15.4. The highest BCUT2D eigenvalue weighted by Crippen LogP contribution is 2.35. The van der Waals surface area contributed by atoms with Crippen LogP contribution < -0.4 is 10.3 Å². The minimum atomic E-state index is -0.171. The second-order valence-corrected chi connectivity index (χ2v) is 10.4. The van der Waals surface area contributed by atoms with Crippen LogP contribution in [0, 0.1) is 12.8 Å². The number of ether oxygens (including phenoxy) is 1. The van der Waals surface area contributed by atoms with Crippen LogP contribution in [0.2, 0.25) is 0 Å². The monoisotopic (exact) mass is 470 g/mol. The van der Waals surface area contributed by atoms with Gasteiger partial charge in [-0.05, 0) is 56.0 Å². The number of thiophene rings is 1. The molecule has 9 heteroatoms. The molecule has 32 heavy (non-hydrogen) atoms. The molecule has 0 saturated carbocycles. The van der Waals surface area contributed by atoms with Crippen molar-refractivity contribution in [1.29, 1.82) is 0 Å². The maximum absolute atomic E-state index is 12.9. The molecule has 0 bridgehead atoms. The Morgan fingerprint density at radius 3 is 2.66 bits per heavy atom. The van der Waals surface area contributed by atoms with Crippen LogP contribution in [0.25, 0.3) is 21.7 Å². The van der Waals surface area contributed by atoms with Crippen molar-refractivity contribution in [3.8, 4) is 17.2 Å². The Morgan fingerprint density at radius 2 is 1.97 bits per heavy atom. The lowest BCUT2D eigenvalue weighted by atomic mass is 9.98. The molecule has 0 saturated heterocycles. The predicted molar refractivity (Wildman–Crippen MR) is 129 cm³/mol. The maximum atomic E-state index is 12.9. The van der Waals surface area contributed by atoms with E-state index in [9.17, 15) is 4.79 Å². The largest absolute Gasteiger partial charge is 0.497 e. The third-order valence-electron chi connectivity index (χ3n) is 5.50. The van der Waals surface area contributed by atoms with E-state index in [1.54, 1.807) is 18.4 Å². The van der Waals surface area contributed by atoms with Crippen molar-refractivity contribution in [3.63, 3.8) is 0 Å². The highest BCUT2D eigenvalue weighted by Gasteiger charge is 2.20. The lowest BCUT2D eigenvalue weighted by molar-refractivity contribution is 0.415. The Balaban J connectivity index is 1.55. The van der Waals surface area contributed by atoms with E-state index in [1.807, 2.05) is 31.2 Å². The van der Waals surface area contributed by atoms with E-state index < -0.39 is 0 Å². The van der Waals surface area contributed by atoms with Crippen LogP contribution in [0.1, 0.15) is 48.8 Å². The topological polar surface area (TPSA) is 93.9 Å². The van der Waals surface area contributed by atoms with Crippen molar-refractivity contribution in [2.45, 2.75) is 50.9 Å². The van der Waals surface area contributed by atoms with Gasteiger partial charge in [0.05, 0.1) is 17.7 Å². The van der Waals surface area contributed by atoms with Crippen LogP contribution in [0.15, 0.2) is 38.6 Å². The number of aromatic amines is 1. The Hall–Kier alpha value is -2.65. The fourth-order valence-electron chi connectivity index (χ4n) is 3.42. The van der Waals surface area contributed by atoms with E-state index in [2.05, 4.69) is 36.0 Å². The molecule has 0 spiro atoms. The summed E-state index contributed by atoms with van der Waals surface area (Å²) in [5.74, 6) is 2.20. The second kappa shape index (κ2) is 9.46. The highest BCUT2D eigenvalue weighted by molar-refractivity contribution is 7.99. The molecule has 3 aromatic heterocycles. The Morgan fingerprint density at radius 1 is 1.22 bits per heavy atom. The molecule has 168 valence electrons. The normalized spacial score (nSPS) is 13.4. The summed E-state index contributed by atoms with van der Waals surface area (Å²) in [4.78, 5) is 22.5. The van der Waals surface area contributed by atoms with Gasteiger partial charge in [-0.15, -0.1) is 21.5 Å². The molecule has 3 heterocycles. The van der Waals surface area contributed by atoms with E-state index in [-0.39, 0.29) is 10.8 Å². The summed E-state index contributed by atoms with van der Waals surface area (Å²) in [6.45, 7) is 8.40. The highest BCUT2D eigenvalue weighted by atomic mass is 32.2. The quantitative estimate of drug-likeness (QED) is 0.257. The van der Waals surface area contributed by atoms with Crippen molar-refractivity contribution in [2.24, 2.45) is 5.92 Å². The van der Waals surface area contributed by atoms with E-state index in [0.717, 1.165) is 44.8 Å². The standard InChI is InChI=1S/C23H26N4O3S2/c1-6-12(2)11-17-13(3)31-22-18(17)19(28)24-23(25-22)32-14(4)20-26-27-21(30-20)15-7-9-16(29-5)10-8-15/h7-10,12,14H,6,11H2,1-5H3,(H,24,25,28). The zero-order valence-corrected chi connectivity index (χ0v) is 20.4. The smallest absolute Gasteiger partial charge is 0.260 e. The summed E-state index contributed by atoms with van der Waals surface area (Å²) < 4.78 is 11.1. The van der Waals surface area contributed by atoms with Crippen LogP contribution in [0.5, 0.6) is 5.75 Å². The van der Waals surface area contributed by atoms with Gasteiger partial charge in [0, 0.05) is 10.4 Å². The van der Waals surface area contributed by atoms with Gasteiger partial charge < -0.3 is 14.1 Å². The number of aromatic nitrogens is 4. The second-order valence-electron chi connectivity index (χ2n) is 7.84. The summed E-state index contributed by atoms with van der Waals surface area (Å²) in [5, 5.41) is 9.46. The number of hydrogen-bond acceptors (Lipinski definition) is 8. The molecule has 0 amide bonds. The molecule has 0 aliphatic rings. The minimum absolute atomic E-state index is 0.0863. The zero-order chi connectivity index (χ0) is 22.8. The number of aryl methyl sites for hydroxylation is 1. The molecule has 1 aromatic carbocycles. The Kier molecular flexibility index (Phi) is 6.66. The van der Waals surface area contributed by atoms with Crippen LogP contribution in [-0.2, 0) is 6.42 Å². The predicted octanol–water partition coefficient (Wildman–Crippen LogP) is 5.79. The molecule has 0 aliphatic carbocycles. The van der Waals surface area contributed by atoms with Gasteiger partial charge in [-0.1, -0.05) is 32.0 Å². The van der Waals surface area contributed by atoms with Crippen LogP contribution in [0.4, 0.5) is 0 Å². The Labute approximate surface area is 194 Å². The number of H-pyrrole nitrogens is 1. The first-order valence-electron chi connectivity index (χ1n) is 10.6. The lowest BCUT2D eigenvalue weighted by Crippen LogP contribution is -2.11. The number of nitrogens with one attached hydrogen (secondary N) is 1. The van der Waals surface area contributed by atoms with E-state index >= 15 is 0 Å². The minimum Gasteiger partial charge on any atom is -0.497 e. The van der Waals surface area contributed by atoms with Crippen molar-refractivity contribution in [3.05, 3.63) is 51.0 Å². The number of benzene rings is 1. The zero-order valence-electron chi connectivity index (χ0n) is 18.8. The van der Waals surface area contributed by atoms with Crippen LogP contribution in [-0.4, -0.2) is 27.3 Å². The lowest BCUT2D eigenvalue weighted by Gasteiger charge is -2.08. The van der Waals surface area contributed by atoms with Gasteiger partial charge >= 0.3 is 0 Å². The molecule has 2 unspecified atom stereocenters. The molecule has 4 aromatic rings. The number of thioether (sulfide) groups is 1. The molecule has 0 radical (unpaired) electrons. The van der Waals surface area contributed by atoms with Gasteiger partial charge in [0.2, 0.25) is 11.8 Å². The number of fused-ring (bicyclic) bond motifs is 1. The molecule has 4 rings (SSSR count). The summed E-state index contributed by atoms with van der Waals surface area (Å²) in [5.41, 5.74) is 1.85. The third-order valence-corrected chi connectivity index (χ3v) is 7.52. The first-order valence-corrected chi connectivity index (χ1v) is 12.3. The van der Waals surface area contributed by atoms with Gasteiger partial charge in [-0.25, -0.2) is 4.98 Å². The fraction of sp³-hybridized carbons (Fsp3) is 0.391. The summed E-state index contributed by atoms with van der Waals surface area (Å²) >= 11 is 2.98. The fourth-order valence-corrected chi connectivity index (χ4v) is 5.35. The number of methoxy groups -OCH3 is 1. The maximum Gasteiger partial charge on any atom is 0.260 e. The summed E-state index contributed by atoms with van der Waals surface area (Å²) in [6, 6.07) is 7.44. The van der Waals surface area contributed by atoms with E-state index in [0.29, 0.717) is 22.9 Å². The van der Waals surface area contributed by atoms with E-state index in [4.69, 9.17) is 14.1 Å². The van der Waals surface area contributed by atoms with Crippen molar-refractivity contribution < 1.29 is 9.15 Å². The Bertz CT molecular complexity index is 1280. The van der Waals surface area contributed by atoms with Gasteiger partial charge in [0.1, 0.15) is 10.6 Å². The average Bonchev–Trinajstić information content (AvgIpc) is 3.39. The number of nitrogens with zero attached hydrogens (tertiary/aromatic N) is 3. The molecule has 2 atom stereocenters. The van der Waals surface area contributed by atoms with Gasteiger partial charge in [0.15, 0.2) is 5.16 Å². The molecule has 1 N–H and O–H groups in total. The summed E-state index contributed by atoms with van der Waals surface area (Å²) in [7, 11) is 1.62. The van der Waals surface area contributed by atoms with Gasteiger partial charge in [0.25, 0.3) is 5.56 Å². The number of hydrogen-bond donors (Lipinski definition) is 1. The average molecular weight is 471 g/mol. The van der Waals surface area contributed by atoms with Crippen LogP contribution >= 0.6 is 23.1 Å². The molecular formula is C23H26N4O3S2. The van der Waals surface area contributed by atoms with E-state index in [1.165, 1.54) is 11.8 Å². The molecule has 0 fully saturated rings. The molecule has 7 nitrogen and oxygen atoms in total.